The molecule has 1 aliphatic carbocycles. The predicted octanol–water partition coefficient (Wildman–Crippen LogP) is 1.22. The van der Waals surface area contributed by atoms with E-state index in [4.69, 9.17) is 4.74 Å². The van der Waals surface area contributed by atoms with Gasteiger partial charge in [-0.1, -0.05) is 6.42 Å². The van der Waals surface area contributed by atoms with Crippen LogP contribution in [0.5, 0.6) is 0 Å². The molecule has 2 N–H and O–H groups in total. The molecule has 0 spiro atoms. The maximum Gasteiger partial charge on any atom is 0.309 e. The summed E-state index contributed by atoms with van der Waals surface area (Å²) in [4.78, 5) is 12.1. The number of rotatable bonds is 3. The molecule has 4 heteroatoms. The van der Waals surface area contributed by atoms with Gasteiger partial charge in [-0.3, -0.25) is 4.79 Å². The van der Waals surface area contributed by atoms with E-state index in [-0.39, 0.29) is 18.5 Å². The molecular weight excluding hydrogens is 218 g/mol. The van der Waals surface area contributed by atoms with Crippen molar-refractivity contribution in [1.82, 2.24) is 5.32 Å². The Hall–Kier alpha value is -0.610. The lowest BCUT2D eigenvalue weighted by Crippen LogP contribution is -2.43. The first kappa shape index (κ1) is 12.8. The molecule has 0 bridgehead atoms. The van der Waals surface area contributed by atoms with Gasteiger partial charge in [0.2, 0.25) is 0 Å². The number of carbonyl (C=O) groups is 1. The number of carbonyl (C=O) groups excluding carboxylic acids is 1. The highest BCUT2D eigenvalue weighted by Gasteiger charge is 2.37. The Morgan fingerprint density at radius 1 is 1.24 bits per heavy atom. The summed E-state index contributed by atoms with van der Waals surface area (Å²) in [5.74, 6) is -0.0657. The lowest BCUT2D eigenvalue weighted by atomic mass is 9.85. The molecule has 0 atom stereocenters. The fourth-order valence-electron chi connectivity index (χ4n) is 2.84. The molecule has 2 fully saturated rings. The Balaban J connectivity index is 1.90. The van der Waals surface area contributed by atoms with Crippen molar-refractivity contribution in [2.45, 2.75) is 50.5 Å². The summed E-state index contributed by atoms with van der Waals surface area (Å²) >= 11 is 0. The molecule has 0 radical (unpaired) electrons. The standard InChI is InChI=1S/C13H23NO3/c15-10-13(6-2-1-3-7-13)17-12(16)11-4-8-14-9-5-11/h11,14-15H,1-10H2. The molecule has 2 aliphatic rings. The van der Waals surface area contributed by atoms with E-state index < -0.39 is 5.60 Å². The monoisotopic (exact) mass is 241 g/mol. The molecule has 0 aromatic rings. The van der Waals surface area contributed by atoms with Gasteiger partial charge in [0.15, 0.2) is 0 Å². The van der Waals surface area contributed by atoms with Gasteiger partial charge in [0.1, 0.15) is 5.60 Å². The van der Waals surface area contributed by atoms with Gasteiger partial charge in [-0.2, -0.15) is 0 Å². The second-order valence-corrected chi connectivity index (χ2v) is 5.35. The van der Waals surface area contributed by atoms with Crippen molar-refractivity contribution >= 4 is 5.97 Å². The minimum Gasteiger partial charge on any atom is -0.456 e. The number of hydrogen-bond acceptors (Lipinski definition) is 4. The molecule has 4 nitrogen and oxygen atoms in total. The van der Waals surface area contributed by atoms with Crippen molar-refractivity contribution < 1.29 is 14.6 Å². The molecule has 1 saturated carbocycles. The number of aliphatic hydroxyl groups excluding tert-OH is 1. The predicted molar refractivity (Wildman–Crippen MR) is 64.6 cm³/mol. The lowest BCUT2D eigenvalue weighted by Gasteiger charge is -2.36. The van der Waals surface area contributed by atoms with Crippen LogP contribution in [0.4, 0.5) is 0 Å². The van der Waals surface area contributed by atoms with E-state index in [0.29, 0.717) is 0 Å². The molecule has 98 valence electrons. The molecular formula is C13H23NO3. The van der Waals surface area contributed by atoms with E-state index in [1.54, 1.807) is 0 Å². The number of aliphatic hydroxyl groups is 1. The molecule has 1 aliphatic heterocycles. The second kappa shape index (κ2) is 5.83. The fourth-order valence-corrected chi connectivity index (χ4v) is 2.84. The number of esters is 1. The SMILES string of the molecule is O=C(OC1(CO)CCCCC1)C1CCNCC1. The first-order valence-corrected chi connectivity index (χ1v) is 6.80. The molecule has 0 aromatic heterocycles. The van der Waals surface area contributed by atoms with Crippen LogP contribution in [0.1, 0.15) is 44.9 Å². The molecule has 0 unspecified atom stereocenters. The summed E-state index contributed by atoms with van der Waals surface area (Å²) in [5.41, 5.74) is -0.569. The summed E-state index contributed by atoms with van der Waals surface area (Å²) in [6, 6.07) is 0. The van der Waals surface area contributed by atoms with Crippen molar-refractivity contribution in [3.8, 4) is 0 Å². The van der Waals surface area contributed by atoms with E-state index in [1.165, 1.54) is 6.42 Å². The quantitative estimate of drug-likeness (QED) is 0.730. The first-order chi connectivity index (χ1) is 8.26. The van der Waals surface area contributed by atoms with Crippen molar-refractivity contribution in [3.05, 3.63) is 0 Å². The van der Waals surface area contributed by atoms with Crippen LogP contribution >= 0.6 is 0 Å². The zero-order valence-corrected chi connectivity index (χ0v) is 10.4. The third kappa shape index (κ3) is 3.19. The van der Waals surface area contributed by atoms with Gasteiger partial charge >= 0.3 is 5.97 Å². The normalized spacial score (nSPS) is 25.5. The number of nitrogens with one attached hydrogen (secondary N) is 1. The lowest BCUT2D eigenvalue weighted by molar-refractivity contribution is -0.174. The van der Waals surface area contributed by atoms with Crippen LogP contribution in [0.3, 0.4) is 0 Å². The molecule has 17 heavy (non-hydrogen) atoms. The summed E-state index contributed by atoms with van der Waals surface area (Å²) in [6.07, 6.45) is 6.66. The van der Waals surface area contributed by atoms with Gasteiger partial charge in [0.05, 0.1) is 12.5 Å². The summed E-state index contributed by atoms with van der Waals surface area (Å²) in [5, 5.41) is 12.7. The third-order valence-corrected chi connectivity index (χ3v) is 4.04. The van der Waals surface area contributed by atoms with E-state index in [1.807, 2.05) is 0 Å². The summed E-state index contributed by atoms with van der Waals surface area (Å²) < 4.78 is 5.65. The van der Waals surface area contributed by atoms with Gasteiger partial charge in [0, 0.05) is 0 Å². The summed E-state index contributed by atoms with van der Waals surface area (Å²) in [7, 11) is 0. The van der Waals surface area contributed by atoms with Gasteiger partial charge in [-0.25, -0.2) is 0 Å². The van der Waals surface area contributed by atoms with Crippen molar-refractivity contribution in [2.75, 3.05) is 19.7 Å². The zero-order chi connectivity index (χ0) is 12.1. The Bertz CT molecular complexity index is 255. The second-order valence-electron chi connectivity index (χ2n) is 5.35. The molecule has 0 aromatic carbocycles. The smallest absolute Gasteiger partial charge is 0.309 e. The zero-order valence-electron chi connectivity index (χ0n) is 10.4. The van der Waals surface area contributed by atoms with Crippen LogP contribution in [0.2, 0.25) is 0 Å². The third-order valence-electron chi connectivity index (χ3n) is 4.04. The molecule has 1 heterocycles. The minimum absolute atomic E-state index is 0.0241. The Labute approximate surface area is 103 Å². The highest BCUT2D eigenvalue weighted by Crippen LogP contribution is 2.32. The largest absolute Gasteiger partial charge is 0.456 e. The number of hydrogen-bond donors (Lipinski definition) is 2. The van der Waals surface area contributed by atoms with E-state index in [9.17, 15) is 9.90 Å². The Morgan fingerprint density at radius 2 is 1.88 bits per heavy atom. The molecule has 0 amide bonds. The van der Waals surface area contributed by atoms with Gasteiger partial charge < -0.3 is 15.2 Å². The number of ether oxygens (including phenoxy) is 1. The molecule has 1 saturated heterocycles. The highest BCUT2D eigenvalue weighted by molar-refractivity contribution is 5.73. The van der Waals surface area contributed by atoms with E-state index >= 15 is 0 Å². The maximum absolute atomic E-state index is 12.1. The Morgan fingerprint density at radius 3 is 2.47 bits per heavy atom. The van der Waals surface area contributed by atoms with E-state index in [0.717, 1.165) is 51.6 Å². The van der Waals surface area contributed by atoms with Gasteiger partial charge in [-0.15, -0.1) is 0 Å². The maximum atomic E-state index is 12.1. The van der Waals surface area contributed by atoms with Crippen LogP contribution in [0, 0.1) is 5.92 Å². The van der Waals surface area contributed by atoms with Crippen LogP contribution < -0.4 is 5.32 Å². The van der Waals surface area contributed by atoms with Crippen molar-refractivity contribution in [2.24, 2.45) is 5.92 Å². The average Bonchev–Trinajstić information content (AvgIpc) is 2.41. The number of piperidine rings is 1. The average molecular weight is 241 g/mol. The van der Waals surface area contributed by atoms with Crippen molar-refractivity contribution in [1.29, 1.82) is 0 Å². The topological polar surface area (TPSA) is 58.6 Å². The van der Waals surface area contributed by atoms with E-state index in [2.05, 4.69) is 5.32 Å². The fraction of sp³-hybridized carbons (Fsp3) is 0.923. The summed E-state index contributed by atoms with van der Waals surface area (Å²) in [6.45, 7) is 1.77. The van der Waals surface area contributed by atoms with Crippen LogP contribution in [0.25, 0.3) is 0 Å². The van der Waals surface area contributed by atoms with Crippen LogP contribution in [0.15, 0.2) is 0 Å². The van der Waals surface area contributed by atoms with Crippen LogP contribution in [-0.4, -0.2) is 36.4 Å². The van der Waals surface area contributed by atoms with Crippen molar-refractivity contribution in [3.63, 3.8) is 0 Å². The highest BCUT2D eigenvalue weighted by atomic mass is 16.6. The van der Waals surface area contributed by atoms with Crippen LogP contribution in [-0.2, 0) is 9.53 Å². The van der Waals surface area contributed by atoms with Gasteiger partial charge in [0.25, 0.3) is 0 Å². The Kier molecular flexibility index (Phi) is 4.40. The minimum atomic E-state index is -0.569. The molecule has 2 rings (SSSR count). The first-order valence-electron chi connectivity index (χ1n) is 6.80. The van der Waals surface area contributed by atoms with Gasteiger partial charge in [-0.05, 0) is 51.6 Å².